The normalized spacial score (nSPS) is 21.3. The second kappa shape index (κ2) is 4.61. The van der Waals surface area contributed by atoms with Gasteiger partial charge in [0.15, 0.2) is 0 Å². The fourth-order valence-corrected chi connectivity index (χ4v) is 1.99. The molecule has 98 valence electrons. The lowest BCUT2D eigenvalue weighted by molar-refractivity contribution is -0.162. The van der Waals surface area contributed by atoms with Gasteiger partial charge in [0.05, 0.1) is 7.11 Å². The Hall–Kier alpha value is -2.55. The zero-order valence-electron chi connectivity index (χ0n) is 10.5. The topological polar surface area (TPSA) is 79.6 Å². The second-order valence-electron chi connectivity index (χ2n) is 4.09. The minimum Gasteiger partial charge on any atom is -0.497 e. The molecule has 0 unspecified atom stereocenters. The summed E-state index contributed by atoms with van der Waals surface area (Å²) in [6.07, 6.45) is -0.130. The predicted octanol–water partition coefficient (Wildman–Crippen LogP) is 1.21. The molecule has 1 aliphatic heterocycles. The number of benzene rings is 1. The van der Waals surface area contributed by atoms with Gasteiger partial charge in [0.25, 0.3) is 5.72 Å². The standard InChI is InChI=1S/C13H12N2O4/c1-9(16)19-13(8-14)7-12(17)15(13)10-3-5-11(18-2)6-4-10/h3-6H,7H2,1-2H3/t13-/m1/s1. The number of hydrogen-bond acceptors (Lipinski definition) is 5. The van der Waals surface area contributed by atoms with Crippen LogP contribution in [0, 0.1) is 11.3 Å². The maximum Gasteiger partial charge on any atom is 0.305 e. The van der Waals surface area contributed by atoms with Gasteiger partial charge in [-0.15, -0.1) is 0 Å². The fourth-order valence-electron chi connectivity index (χ4n) is 1.99. The molecule has 2 rings (SSSR count). The van der Waals surface area contributed by atoms with Gasteiger partial charge in [0.2, 0.25) is 5.91 Å². The average Bonchev–Trinajstić information content (AvgIpc) is 2.37. The molecule has 1 aromatic carbocycles. The zero-order valence-corrected chi connectivity index (χ0v) is 10.5. The molecule has 0 radical (unpaired) electrons. The van der Waals surface area contributed by atoms with E-state index in [1.165, 1.54) is 18.9 Å². The lowest BCUT2D eigenvalue weighted by atomic mass is 9.96. The van der Waals surface area contributed by atoms with Crippen molar-refractivity contribution in [1.29, 1.82) is 5.26 Å². The van der Waals surface area contributed by atoms with E-state index in [2.05, 4.69) is 0 Å². The smallest absolute Gasteiger partial charge is 0.305 e. The lowest BCUT2D eigenvalue weighted by Gasteiger charge is -2.45. The van der Waals surface area contributed by atoms with Crippen LogP contribution >= 0.6 is 0 Å². The Balaban J connectivity index is 2.32. The Kier molecular flexibility index (Phi) is 3.13. The van der Waals surface area contributed by atoms with Crippen molar-refractivity contribution < 1.29 is 19.1 Å². The summed E-state index contributed by atoms with van der Waals surface area (Å²) in [6.45, 7) is 1.20. The molecule has 0 N–H and O–H groups in total. The van der Waals surface area contributed by atoms with Crippen LogP contribution in [0.1, 0.15) is 13.3 Å². The molecular formula is C13H12N2O4. The summed E-state index contributed by atoms with van der Waals surface area (Å²) in [5, 5.41) is 9.19. The number of ether oxygens (including phenoxy) is 2. The molecular weight excluding hydrogens is 248 g/mol. The molecule has 19 heavy (non-hydrogen) atoms. The van der Waals surface area contributed by atoms with Crippen molar-refractivity contribution in [2.45, 2.75) is 19.1 Å². The van der Waals surface area contributed by atoms with E-state index in [1.54, 1.807) is 24.3 Å². The van der Waals surface area contributed by atoms with Crippen LogP contribution in [0.25, 0.3) is 0 Å². The largest absolute Gasteiger partial charge is 0.497 e. The highest BCUT2D eigenvalue weighted by Crippen LogP contribution is 2.38. The third kappa shape index (κ3) is 2.10. The Morgan fingerprint density at radius 3 is 2.47 bits per heavy atom. The summed E-state index contributed by atoms with van der Waals surface area (Å²) in [4.78, 5) is 23.9. The van der Waals surface area contributed by atoms with Crippen molar-refractivity contribution >= 4 is 17.6 Å². The van der Waals surface area contributed by atoms with E-state index < -0.39 is 11.7 Å². The van der Waals surface area contributed by atoms with Crippen LogP contribution < -0.4 is 9.64 Å². The highest BCUT2D eigenvalue weighted by atomic mass is 16.6. The molecule has 0 aromatic heterocycles. The number of amides is 1. The molecule has 1 aromatic rings. The van der Waals surface area contributed by atoms with E-state index in [0.29, 0.717) is 11.4 Å². The number of hydrogen-bond donors (Lipinski definition) is 0. The number of esters is 1. The number of anilines is 1. The Bertz CT molecular complexity index is 561. The number of methoxy groups -OCH3 is 1. The maximum atomic E-state index is 11.7. The van der Waals surface area contributed by atoms with Crippen LogP contribution in [0.2, 0.25) is 0 Å². The van der Waals surface area contributed by atoms with E-state index in [4.69, 9.17) is 9.47 Å². The Labute approximate surface area is 110 Å². The van der Waals surface area contributed by atoms with Crippen molar-refractivity contribution in [3.8, 4) is 11.8 Å². The number of carbonyl (C=O) groups excluding carboxylic acids is 2. The summed E-state index contributed by atoms with van der Waals surface area (Å²) < 4.78 is 10.0. The number of rotatable bonds is 3. The molecule has 6 nitrogen and oxygen atoms in total. The molecule has 1 aliphatic rings. The number of nitrogens with zero attached hydrogens (tertiary/aromatic N) is 2. The van der Waals surface area contributed by atoms with Gasteiger partial charge < -0.3 is 9.47 Å². The summed E-state index contributed by atoms with van der Waals surface area (Å²) in [5.41, 5.74) is -1.04. The first-order valence-electron chi connectivity index (χ1n) is 5.60. The lowest BCUT2D eigenvalue weighted by Crippen LogP contribution is -2.65. The molecule has 0 bridgehead atoms. The summed E-state index contributed by atoms with van der Waals surface area (Å²) in [6, 6.07) is 8.47. The molecule has 0 spiro atoms. The van der Waals surface area contributed by atoms with Crippen molar-refractivity contribution in [1.82, 2.24) is 0 Å². The Morgan fingerprint density at radius 2 is 2.05 bits per heavy atom. The quantitative estimate of drug-likeness (QED) is 0.603. The average molecular weight is 260 g/mol. The summed E-state index contributed by atoms with van der Waals surface area (Å²) in [5.74, 6) is -0.243. The first-order valence-corrected chi connectivity index (χ1v) is 5.60. The van der Waals surface area contributed by atoms with E-state index >= 15 is 0 Å². The van der Waals surface area contributed by atoms with Crippen LogP contribution in [0.5, 0.6) is 5.75 Å². The molecule has 1 atom stereocenters. The molecule has 1 amide bonds. The van der Waals surface area contributed by atoms with Gasteiger partial charge in [-0.05, 0) is 24.3 Å². The summed E-state index contributed by atoms with van der Waals surface area (Å²) in [7, 11) is 1.53. The van der Waals surface area contributed by atoms with Gasteiger partial charge in [0.1, 0.15) is 18.2 Å². The van der Waals surface area contributed by atoms with Gasteiger partial charge in [-0.2, -0.15) is 5.26 Å². The Morgan fingerprint density at radius 1 is 1.42 bits per heavy atom. The second-order valence-corrected chi connectivity index (χ2v) is 4.09. The zero-order chi connectivity index (χ0) is 14.0. The van der Waals surface area contributed by atoms with Crippen molar-refractivity contribution in [3.63, 3.8) is 0 Å². The van der Waals surface area contributed by atoms with Crippen LogP contribution in [0.4, 0.5) is 5.69 Å². The number of carbonyl (C=O) groups is 2. The van der Waals surface area contributed by atoms with E-state index in [0.717, 1.165) is 0 Å². The number of nitriles is 1. The third-order valence-electron chi connectivity index (χ3n) is 2.82. The highest BCUT2D eigenvalue weighted by molar-refractivity contribution is 6.03. The fraction of sp³-hybridized carbons (Fsp3) is 0.308. The molecule has 1 fully saturated rings. The SMILES string of the molecule is COc1ccc(N2C(=O)C[C@]2(C#N)OC(C)=O)cc1. The molecule has 6 heteroatoms. The number of β-lactam (4-membered cyclic amide) rings is 1. The molecule has 1 saturated heterocycles. The predicted molar refractivity (Wildman–Crippen MR) is 65.2 cm³/mol. The highest BCUT2D eigenvalue weighted by Gasteiger charge is 2.56. The van der Waals surface area contributed by atoms with E-state index in [-0.39, 0.29) is 12.3 Å². The van der Waals surface area contributed by atoms with Crippen LogP contribution in [-0.4, -0.2) is 24.7 Å². The first kappa shape index (κ1) is 12.9. The van der Waals surface area contributed by atoms with Gasteiger partial charge in [-0.25, -0.2) is 0 Å². The van der Waals surface area contributed by atoms with Gasteiger partial charge >= 0.3 is 5.97 Å². The van der Waals surface area contributed by atoms with Crippen LogP contribution in [0.3, 0.4) is 0 Å². The van der Waals surface area contributed by atoms with Crippen LogP contribution in [0.15, 0.2) is 24.3 Å². The molecule has 1 heterocycles. The minimum absolute atomic E-state index is 0.130. The van der Waals surface area contributed by atoms with Gasteiger partial charge in [-0.1, -0.05) is 0 Å². The molecule has 0 aliphatic carbocycles. The summed E-state index contributed by atoms with van der Waals surface area (Å²) >= 11 is 0. The maximum absolute atomic E-state index is 11.7. The van der Waals surface area contributed by atoms with Gasteiger partial charge in [-0.3, -0.25) is 14.5 Å². The first-order chi connectivity index (χ1) is 9.02. The van der Waals surface area contributed by atoms with Crippen molar-refractivity contribution in [2.75, 3.05) is 12.0 Å². The van der Waals surface area contributed by atoms with Crippen LogP contribution in [-0.2, 0) is 14.3 Å². The third-order valence-corrected chi connectivity index (χ3v) is 2.82. The van der Waals surface area contributed by atoms with E-state index in [1.807, 2.05) is 6.07 Å². The monoisotopic (exact) mass is 260 g/mol. The van der Waals surface area contributed by atoms with E-state index in [9.17, 15) is 14.9 Å². The minimum atomic E-state index is -1.53. The van der Waals surface area contributed by atoms with Crippen molar-refractivity contribution in [2.24, 2.45) is 0 Å². The van der Waals surface area contributed by atoms with Crippen molar-refractivity contribution in [3.05, 3.63) is 24.3 Å². The molecule has 0 saturated carbocycles. The van der Waals surface area contributed by atoms with Gasteiger partial charge in [0, 0.05) is 12.6 Å².